The van der Waals surface area contributed by atoms with E-state index in [0.29, 0.717) is 0 Å². The molecular weight excluding hydrogens is 494 g/mol. The van der Waals surface area contributed by atoms with Crippen molar-refractivity contribution in [3.63, 3.8) is 0 Å². The summed E-state index contributed by atoms with van der Waals surface area (Å²) in [6.07, 6.45) is 2.06. The zero-order valence-electron chi connectivity index (χ0n) is 22.6. The zero-order valence-corrected chi connectivity index (χ0v) is 22.6. The molecule has 10 heteroatoms. The van der Waals surface area contributed by atoms with Gasteiger partial charge in [0.1, 0.15) is 23.2 Å². The van der Waals surface area contributed by atoms with Gasteiger partial charge in [0.05, 0.1) is 25.8 Å². The highest BCUT2D eigenvalue weighted by Gasteiger charge is 2.29. The fourth-order valence-electron chi connectivity index (χ4n) is 4.17. The molecule has 1 amide bonds. The number of para-hydroxylation sites is 1. The average molecular weight is 530 g/mol. The number of ether oxygens (including phenoxy) is 2. The van der Waals surface area contributed by atoms with Crippen LogP contribution in [0.5, 0.6) is 5.75 Å². The minimum absolute atomic E-state index is 0.134. The number of nitrogens with zero attached hydrogens (tertiary/aromatic N) is 4. The maximum atomic E-state index is 11.4. The lowest BCUT2D eigenvalue weighted by atomic mass is 10.2. The van der Waals surface area contributed by atoms with Crippen molar-refractivity contribution in [2.75, 3.05) is 48.9 Å². The molecule has 3 heterocycles. The summed E-state index contributed by atoms with van der Waals surface area (Å²) in [6.45, 7) is 7.36. The molecule has 1 aliphatic carbocycles. The Labute approximate surface area is 228 Å². The summed E-state index contributed by atoms with van der Waals surface area (Å²) in [5.41, 5.74) is 1.83. The molecule has 3 N–H and O–H groups in total. The molecule has 0 bridgehead atoms. The van der Waals surface area contributed by atoms with E-state index in [9.17, 15) is 4.79 Å². The van der Waals surface area contributed by atoms with Gasteiger partial charge in [-0.1, -0.05) is 26.0 Å². The van der Waals surface area contributed by atoms with E-state index in [4.69, 9.17) is 14.5 Å². The highest BCUT2D eigenvalue weighted by atomic mass is 16.5. The minimum atomic E-state index is 0.134. The van der Waals surface area contributed by atoms with Crippen molar-refractivity contribution < 1.29 is 14.3 Å². The number of morpholine rings is 1. The summed E-state index contributed by atoms with van der Waals surface area (Å²) in [5, 5.41) is 14.7. The molecule has 0 unspecified atom stereocenters. The van der Waals surface area contributed by atoms with E-state index >= 15 is 0 Å². The van der Waals surface area contributed by atoms with Crippen molar-refractivity contribution in [3.8, 4) is 5.75 Å². The Bertz CT molecular complexity index is 1390. The van der Waals surface area contributed by atoms with Crippen LogP contribution in [-0.2, 0) is 9.53 Å². The van der Waals surface area contributed by atoms with Crippen LogP contribution in [0.3, 0.4) is 0 Å². The van der Waals surface area contributed by atoms with Crippen LogP contribution >= 0.6 is 0 Å². The van der Waals surface area contributed by atoms with Gasteiger partial charge < -0.3 is 25.0 Å². The highest BCUT2D eigenvalue weighted by Crippen LogP contribution is 2.30. The van der Waals surface area contributed by atoms with E-state index in [-0.39, 0.29) is 17.7 Å². The topological polar surface area (TPSA) is 117 Å². The van der Waals surface area contributed by atoms with Gasteiger partial charge in [0.25, 0.3) is 0 Å². The Morgan fingerprint density at radius 3 is 2.51 bits per heavy atom. The molecule has 4 aromatic rings. The Morgan fingerprint density at radius 2 is 1.82 bits per heavy atom. The molecular formula is C29H35N7O3. The van der Waals surface area contributed by atoms with Crippen LogP contribution in [0.4, 0.5) is 23.1 Å². The zero-order chi connectivity index (χ0) is 27.2. The molecule has 6 rings (SSSR count). The van der Waals surface area contributed by atoms with Crippen LogP contribution in [0.1, 0.15) is 38.4 Å². The molecule has 2 aromatic carbocycles. The molecule has 1 saturated carbocycles. The smallest absolute Gasteiger partial charge is 0.227 e. The number of carbonyl (C=O) groups excluding carboxylic acids is 1. The van der Waals surface area contributed by atoms with E-state index in [0.717, 1.165) is 84.8 Å². The first-order valence-corrected chi connectivity index (χ1v) is 13.4. The third-order valence-corrected chi connectivity index (χ3v) is 6.60. The molecule has 0 radical (unpaired) electrons. The number of hydrogen-bond acceptors (Lipinski definition) is 8. The highest BCUT2D eigenvalue weighted by molar-refractivity contribution is 5.94. The number of benzene rings is 2. The van der Waals surface area contributed by atoms with Crippen molar-refractivity contribution >= 4 is 40.0 Å². The van der Waals surface area contributed by atoms with Gasteiger partial charge in [-0.3, -0.25) is 9.89 Å². The number of H-pyrrole nitrogens is 1. The van der Waals surface area contributed by atoms with Gasteiger partial charge in [-0.25, -0.2) is 9.97 Å². The van der Waals surface area contributed by atoms with E-state index in [1.165, 1.54) is 0 Å². The third-order valence-electron chi connectivity index (χ3n) is 6.60. The summed E-state index contributed by atoms with van der Waals surface area (Å²) in [4.78, 5) is 23.0. The molecule has 1 aliphatic heterocycles. The summed E-state index contributed by atoms with van der Waals surface area (Å²) in [5.74, 6) is 4.73. The Morgan fingerprint density at radius 1 is 1.08 bits per heavy atom. The first-order valence-electron chi connectivity index (χ1n) is 13.4. The second kappa shape index (κ2) is 12.1. The summed E-state index contributed by atoms with van der Waals surface area (Å²) in [7, 11) is 1.62. The lowest BCUT2D eigenvalue weighted by Crippen LogP contribution is -2.37. The van der Waals surface area contributed by atoms with E-state index in [2.05, 4.69) is 44.6 Å². The van der Waals surface area contributed by atoms with Gasteiger partial charge in [0.2, 0.25) is 5.91 Å². The van der Waals surface area contributed by atoms with E-state index < -0.39 is 0 Å². The Kier molecular flexibility index (Phi) is 8.21. The molecule has 2 aliphatic rings. The number of nitrogens with one attached hydrogen (secondary N) is 3. The van der Waals surface area contributed by atoms with Crippen LogP contribution in [0.2, 0.25) is 0 Å². The predicted octanol–water partition coefficient (Wildman–Crippen LogP) is 5.10. The number of amides is 1. The normalized spacial score (nSPS) is 15.0. The Hall–Kier alpha value is -4.18. The van der Waals surface area contributed by atoms with Gasteiger partial charge in [-0.2, -0.15) is 5.10 Å². The molecule has 204 valence electrons. The number of hydrogen-bond donors (Lipinski definition) is 3. The number of aromatic amines is 1. The van der Waals surface area contributed by atoms with Gasteiger partial charge in [-0.05, 0) is 49.2 Å². The first kappa shape index (κ1) is 26.4. The van der Waals surface area contributed by atoms with Crippen molar-refractivity contribution in [2.24, 2.45) is 5.92 Å². The van der Waals surface area contributed by atoms with Crippen LogP contribution in [0.25, 0.3) is 10.9 Å². The standard InChI is InChI=1S/C18H22N6O.C11H13NO2/c1-12(2)17-19-15(11-16(21-17)24-7-9-25-10-8-24)20-18-13-5-3-4-6-14(13)22-23-18;1-14-10-6-4-9(5-7-10)12-11(13)8-2-3-8/h3-6,11-12H,7-10H2,1-2H3,(H2,19,20,21,22,23);4-8H,2-3H2,1H3,(H,12,13). The maximum Gasteiger partial charge on any atom is 0.227 e. The summed E-state index contributed by atoms with van der Waals surface area (Å²) in [6, 6.07) is 17.4. The number of anilines is 4. The number of carbonyl (C=O) groups is 1. The molecule has 1 saturated heterocycles. The molecule has 2 fully saturated rings. The van der Waals surface area contributed by atoms with Crippen LogP contribution < -0.4 is 20.3 Å². The van der Waals surface area contributed by atoms with Gasteiger partial charge >= 0.3 is 0 Å². The van der Waals surface area contributed by atoms with Crippen molar-refractivity contribution in [1.29, 1.82) is 0 Å². The fraction of sp³-hybridized carbons (Fsp3) is 0.379. The van der Waals surface area contributed by atoms with Gasteiger partial charge in [-0.15, -0.1) is 0 Å². The first-order chi connectivity index (χ1) is 19.0. The molecule has 39 heavy (non-hydrogen) atoms. The third kappa shape index (κ3) is 6.83. The maximum absolute atomic E-state index is 11.4. The van der Waals surface area contributed by atoms with E-state index in [1.54, 1.807) is 7.11 Å². The Balaban J connectivity index is 0.000000186. The molecule has 0 atom stereocenters. The van der Waals surface area contributed by atoms with Crippen LogP contribution in [0.15, 0.2) is 54.6 Å². The predicted molar refractivity (Wildman–Crippen MR) is 153 cm³/mol. The molecule has 0 spiro atoms. The van der Waals surface area contributed by atoms with Gasteiger partial charge in [0.15, 0.2) is 5.82 Å². The average Bonchev–Trinajstić information content (AvgIpc) is 3.76. The van der Waals surface area contributed by atoms with Crippen molar-refractivity contribution in [3.05, 3.63) is 60.4 Å². The van der Waals surface area contributed by atoms with Crippen LogP contribution in [0, 0.1) is 5.92 Å². The van der Waals surface area contributed by atoms with Crippen LogP contribution in [-0.4, -0.2) is 59.5 Å². The largest absolute Gasteiger partial charge is 0.497 e. The number of fused-ring (bicyclic) bond motifs is 1. The van der Waals surface area contributed by atoms with Crippen molar-refractivity contribution in [1.82, 2.24) is 20.2 Å². The quantitative estimate of drug-likeness (QED) is 0.303. The SMILES string of the molecule is CC(C)c1nc(Nc2n[nH]c3ccccc23)cc(N2CCOCC2)n1.COc1ccc(NC(=O)C2CC2)cc1. The molecule has 10 nitrogen and oxygen atoms in total. The fourth-order valence-corrected chi connectivity index (χ4v) is 4.17. The molecule has 2 aromatic heterocycles. The second-order valence-electron chi connectivity index (χ2n) is 9.96. The number of methoxy groups -OCH3 is 1. The number of aromatic nitrogens is 4. The van der Waals surface area contributed by atoms with Crippen molar-refractivity contribution in [2.45, 2.75) is 32.6 Å². The van der Waals surface area contributed by atoms with E-state index in [1.807, 2.05) is 54.6 Å². The lowest BCUT2D eigenvalue weighted by Gasteiger charge is -2.28. The number of rotatable bonds is 7. The monoisotopic (exact) mass is 529 g/mol. The summed E-state index contributed by atoms with van der Waals surface area (Å²) >= 11 is 0. The minimum Gasteiger partial charge on any atom is -0.497 e. The summed E-state index contributed by atoms with van der Waals surface area (Å²) < 4.78 is 10.5. The lowest BCUT2D eigenvalue weighted by molar-refractivity contribution is -0.117. The second-order valence-corrected chi connectivity index (χ2v) is 9.96. The van der Waals surface area contributed by atoms with Gasteiger partial charge in [0, 0.05) is 42.1 Å².